The third-order valence-corrected chi connectivity index (χ3v) is 4.12. The SMILES string of the molecule is Cc1nc(NC(=O)c2cc(-c3ccco3)n(C)n2)sc1C. The minimum absolute atomic E-state index is 0.280. The van der Waals surface area contributed by atoms with Crippen molar-refractivity contribution in [3.8, 4) is 11.5 Å². The fourth-order valence-electron chi connectivity index (χ4n) is 1.92. The van der Waals surface area contributed by atoms with E-state index in [9.17, 15) is 4.79 Å². The summed E-state index contributed by atoms with van der Waals surface area (Å²) in [5, 5.41) is 7.56. The average Bonchev–Trinajstić information content (AvgIpc) is 3.12. The van der Waals surface area contributed by atoms with Crippen molar-refractivity contribution in [2.75, 3.05) is 5.32 Å². The number of rotatable bonds is 3. The second-order valence-corrected chi connectivity index (χ2v) is 5.83. The Morgan fingerprint density at radius 2 is 2.24 bits per heavy atom. The van der Waals surface area contributed by atoms with Crippen LogP contribution in [0.15, 0.2) is 28.9 Å². The van der Waals surface area contributed by atoms with Crippen molar-refractivity contribution in [1.82, 2.24) is 14.8 Å². The molecule has 0 aromatic carbocycles. The van der Waals surface area contributed by atoms with Gasteiger partial charge in [0, 0.05) is 18.0 Å². The van der Waals surface area contributed by atoms with Gasteiger partial charge in [0.05, 0.1) is 12.0 Å². The molecule has 1 N–H and O–H groups in total. The Morgan fingerprint density at radius 1 is 1.43 bits per heavy atom. The van der Waals surface area contributed by atoms with Crippen LogP contribution >= 0.6 is 11.3 Å². The van der Waals surface area contributed by atoms with Gasteiger partial charge >= 0.3 is 0 Å². The van der Waals surface area contributed by atoms with Gasteiger partial charge in [-0.05, 0) is 26.0 Å². The number of aryl methyl sites for hydroxylation is 3. The Hall–Kier alpha value is -2.41. The van der Waals surface area contributed by atoms with Crippen molar-refractivity contribution in [1.29, 1.82) is 0 Å². The number of nitrogens with zero attached hydrogens (tertiary/aromatic N) is 3. The predicted molar refractivity (Wildman–Crippen MR) is 80.5 cm³/mol. The van der Waals surface area contributed by atoms with Gasteiger partial charge in [-0.1, -0.05) is 0 Å². The van der Waals surface area contributed by atoms with Crippen molar-refractivity contribution in [3.05, 3.63) is 40.7 Å². The van der Waals surface area contributed by atoms with Crippen LogP contribution in [0.5, 0.6) is 0 Å². The topological polar surface area (TPSA) is 73.0 Å². The number of furan rings is 1. The highest BCUT2D eigenvalue weighted by Crippen LogP contribution is 2.23. The molecule has 0 fully saturated rings. The fourth-order valence-corrected chi connectivity index (χ4v) is 2.73. The van der Waals surface area contributed by atoms with Crippen molar-refractivity contribution >= 4 is 22.4 Å². The minimum Gasteiger partial charge on any atom is -0.463 e. The lowest BCUT2D eigenvalue weighted by atomic mass is 10.3. The van der Waals surface area contributed by atoms with E-state index < -0.39 is 0 Å². The van der Waals surface area contributed by atoms with Crippen LogP contribution in [-0.2, 0) is 7.05 Å². The maximum absolute atomic E-state index is 12.2. The Kier molecular flexibility index (Phi) is 3.34. The van der Waals surface area contributed by atoms with Gasteiger partial charge in [0.15, 0.2) is 16.6 Å². The van der Waals surface area contributed by atoms with E-state index >= 15 is 0 Å². The van der Waals surface area contributed by atoms with Crippen LogP contribution in [0.25, 0.3) is 11.5 Å². The maximum atomic E-state index is 12.2. The summed E-state index contributed by atoms with van der Waals surface area (Å²) in [6, 6.07) is 5.32. The number of nitrogens with one attached hydrogen (secondary N) is 1. The zero-order valence-corrected chi connectivity index (χ0v) is 12.7. The molecule has 0 atom stereocenters. The van der Waals surface area contributed by atoms with Crippen LogP contribution in [0, 0.1) is 13.8 Å². The van der Waals surface area contributed by atoms with E-state index in [1.807, 2.05) is 19.9 Å². The molecule has 1 amide bonds. The molecule has 0 aliphatic carbocycles. The van der Waals surface area contributed by atoms with Gasteiger partial charge < -0.3 is 4.42 Å². The fraction of sp³-hybridized carbons (Fsp3) is 0.214. The highest BCUT2D eigenvalue weighted by molar-refractivity contribution is 7.15. The van der Waals surface area contributed by atoms with E-state index in [0.717, 1.165) is 16.3 Å². The molecular formula is C14H14N4O2S. The second kappa shape index (κ2) is 5.17. The summed E-state index contributed by atoms with van der Waals surface area (Å²) in [5.74, 6) is 0.391. The minimum atomic E-state index is -0.280. The van der Waals surface area contributed by atoms with Crippen LogP contribution in [0.3, 0.4) is 0 Å². The Labute approximate surface area is 125 Å². The first-order valence-corrected chi connectivity index (χ1v) is 7.19. The maximum Gasteiger partial charge on any atom is 0.277 e. The van der Waals surface area contributed by atoms with Crippen molar-refractivity contribution in [2.24, 2.45) is 7.05 Å². The molecular weight excluding hydrogens is 288 g/mol. The highest BCUT2D eigenvalue weighted by Gasteiger charge is 2.16. The van der Waals surface area contributed by atoms with Gasteiger partial charge in [-0.2, -0.15) is 5.10 Å². The van der Waals surface area contributed by atoms with Crippen LogP contribution in [0.2, 0.25) is 0 Å². The standard InChI is InChI=1S/C14H14N4O2S/c1-8-9(2)21-14(15-8)16-13(19)10-7-11(18(3)17-10)12-5-4-6-20-12/h4-7H,1-3H3,(H,15,16,19). The van der Waals surface area contributed by atoms with Crippen LogP contribution in [0.1, 0.15) is 21.1 Å². The zero-order chi connectivity index (χ0) is 15.0. The van der Waals surface area contributed by atoms with Crippen molar-refractivity contribution in [2.45, 2.75) is 13.8 Å². The first-order valence-electron chi connectivity index (χ1n) is 6.38. The van der Waals surface area contributed by atoms with Gasteiger partial charge in [-0.3, -0.25) is 14.8 Å². The molecule has 0 spiro atoms. The van der Waals surface area contributed by atoms with Crippen molar-refractivity contribution < 1.29 is 9.21 Å². The lowest BCUT2D eigenvalue weighted by Gasteiger charge is -1.96. The van der Waals surface area contributed by atoms with E-state index in [-0.39, 0.29) is 5.91 Å². The van der Waals surface area contributed by atoms with Gasteiger partial charge in [-0.15, -0.1) is 11.3 Å². The number of aromatic nitrogens is 3. The molecule has 0 aliphatic heterocycles. The van der Waals surface area contributed by atoms with Crippen LogP contribution < -0.4 is 5.32 Å². The molecule has 3 aromatic rings. The lowest BCUT2D eigenvalue weighted by Crippen LogP contribution is -2.12. The van der Waals surface area contributed by atoms with E-state index in [1.165, 1.54) is 11.3 Å². The summed E-state index contributed by atoms with van der Waals surface area (Å²) in [4.78, 5) is 17.6. The van der Waals surface area contributed by atoms with E-state index in [2.05, 4.69) is 15.4 Å². The smallest absolute Gasteiger partial charge is 0.277 e. The molecule has 7 heteroatoms. The number of hydrogen-bond acceptors (Lipinski definition) is 5. The molecule has 108 valence electrons. The van der Waals surface area contributed by atoms with E-state index in [1.54, 1.807) is 30.1 Å². The third-order valence-electron chi connectivity index (χ3n) is 3.14. The first kappa shape index (κ1) is 13.6. The van der Waals surface area contributed by atoms with Gasteiger partial charge in [-0.25, -0.2) is 4.98 Å². The van der Waals surface area contributed by atoms with Gasteiger partial charge in [0.25, 0.3) is 5.91 Å². The second-order valence-electron chi connectivity index (χ2n) is 4.63. The summed E-state index contributed by atoms with van der Waals surface area (Å²) >= 11 is 1.45. The number of carbonyl (C=O) groups is 1. The quantitative estimate of drug-likeness (QED) is 0.807. The molecule has 0 aliphatic rings. The van der Waals surface area contributed by atoms with E-state index in [4.69, 9.17) is 4.42 Å². The molecule has 3 heterocycles. The zero-order valence-electron chi connectivity index (χ0n) is 11.9. The summed E-state index contributed by atoms with van der Waals surface area (Å²) in [5.41, 5.74) is 2.00. The number of hydrogen-bond donors (Lipinski definition) is 1. The summed E-state index contributed by atoms with van der Waals surface area (Å²) < 4.78 is 6.95. The molecule has 0 saturated heterocycles. The number of amides is 1. The van der Waals surface area contributed by atoms with Crippen molar-refractivity contribution in [3.63, 3.8) is 0 Å². The predicted octanol–water partition coefficient (Wildman–Crippen LogP) is 3.01. The Bertz CT molecular complexity index is 767. The third kappa shape index (κ3) is 2.59. The lowest BCUT2D eigenvalue weighted by molar-refractivity contribution is 0.102. The molecule has 21 heavy (non-hydrogen) atoms. The van der Waals surface area contributed by atoms with Crippen LogP contribution in [0.4, 0.5) is 5.13 Å². The Morgan fingerprint density at radius 3 is 2.86 bits per heavy atom. The first-order chi connectivity index (χ1) is 10.0. The molecule has 0 radical (unpaired) electrons. The molecule has 3 aromatic heterocycles. The van der Waals surface area contributed by atoms with Crippen LogP contribution in [-0.4, -0.2) is 20.7 Å². The molecule has 0 bridgehead atoms. The highest BCUT2D eigenvalue weighted by atomic mass is 32.1. The Balaban J connectivity index is 1.84. The number of anilines is 1. The largest absolute Gasteiger partial charge is 0.463 e. The summed E-state index contributed by atoms with van der Waals surface area (Å²) in [6.45, 7) is 3.88. The van der Waals surface area contributed by atoms with Gasteiger partial charge in [0.2, 0.25) is 0 Å². The molecule has 0 saturated carbocycles. The monoisotopic (exact) mass is 302 g/mol. The average molecular weight is 302 g/mol. The molecule has 0 unspecified atom stereocenters. The molecule has 3 rings (SSSR count). The summed E-state index contributed by atoms with van der Waals surface area (Å²) in [6.07, 6.45) is 1.59. The molecule has 6 nitrogen and oxygen atoms in total. The summed E-state index contributed by atoms with van der Waals surface area (Å²) in [7, 11) is 1.77. The normalized spacial score (nSPS) is 10.8. The number of carbonyl (C=O) groups excluding carboxylic acids is 1. The van der Waals surface area contributed by atoms with E-state index in [0.29, 0.717) is 16.6 Å². The van der Waals surface area contributed by atoms with Gasteiger partial charge in [0.1, 0.15) is 5.69 Å². The number of thiazole rings is 1.